The second-order valence-corrected chi connectivity index (χ2v) is 14.2. The third kappa shape index (κ3) is 5.84. The summed E-state index contributed by atoms with van der Waals surface area (Å²) in [5, 5.41) is 32.4. The molecular formula is C39H44N6O6S. The van der Waals surface area contributed by atoms with E-state index in [2.05, 4.69) is 44.5 Å². The Hall–Kier alpha value is -5.03. The van der Waals surface area contributed by atoms with Crippen molar-refractivity contribution in [3.05, 3.63) is 82.4 Å². The van der Waals surface area contributed by atoms with Crippen LogP contribution in [0.1, 0.15) is 52.4 Å². The van der Waals surface area contributed by atoms with Gasteiger partial charge in [0, 0.05) is 46.6 Å². The summed E-state index contributed by atoms with van der Waals surface area (Å²) in [6.45, 7) is 9.96. The van der Waals surface area contributed by atoms with Crippen LogP contribution in [0.15, 0.2) is 49.1 Å². The van der Waals surface area contributed by atoms with Crippen LogP contribution in [0.25, 0.3) is 0 Å². The normalized spacial score (nSPS) is 23.2. The molecule has 13 heteroatoms. The second kappa shape index (κ2) is 14.2. The highest BCUT2D eigenvalue weighted by molar-refractivity contribution is 7.80. The van der Waals surface area contributed by atoms with Crippen molar-refractivity contribution in [2.24, 2.45) is 0 Å². The van der Waals surface area contributed by atoms with Crippen LogP contribution < -0.4 is 34.9 Å². The fourth-order valence-corrected chi connectivity index (χ4v) is 8.96. The molecule has 0 aliphatic carbocycles. The Kier molecular flexibility index (Phi) is 9.65. The van der Waals surface area contributed by atoms with Crippen LogP contribution in [0.4, 0.5) is 5.69 Å². The number of ether oxygens (including phenoxy) is 4. The lowest BCUT2D eigenvalue weighted by molar-refractivity contribution is -0.123. The summed E-state index contributed by atoms with van der Waals surface area (Å²) in [6.07, 6.45) is 2.74. The molecular weight excluding hydrogens is 681 g/mol. The van der Waals surface area contributed by atoms with Gasteiger partial charge >= 0.3 is 0 Å². The second-order valence-electron chi connectivity index (χ2n) is 13.8. The molecule has 12 nitrogen and oxygen atoms in total. The highest BCUT2D eigenvalue weighted by Crippen LogP contribution is 2.58. The molecule has 3 aromatic carbocycles. The number of nitriles is 1. The predicted octanol–water partition coefficient (Wildman–Crippen LogP) is 4.57. The molecule has 4 heterocycles. The number of benzene rings is 3. The largest absolute Gasteiger partial charge is 0.504 e. The third-order valence-corrected chi connectivity index (χ3v) is 11.1. The average molecular weight is 725 g/mol. The van der Waals surface area contributed by atoms with Crippen molar-refractivity contribution in [2.75, 3.05) is 39.4 Å². The van der Waals surface area contributed by atoms with E-state index >= 15 is 0 Å². The van der Waals surface area contributed by atoms with Crippen LogP contribution in [0.3, 0.4) is 0 Å². The van der Waals surface area contributed by atoms with Crippen LogP contribution in [0.2, 0.25) is 0 Å². The van der Waals surface area contributed by atoms with E-state index in [0.29, 0.717) is 41.0 Å². The highest BCUT2D eigenvalue weighted by Gasteiger charge is 2.56. The molecule has 4 N–H and O–H groups in total. The van der Waals surface area contributed by atoms with Gasteiger partial charge in [-0.05, 0) is 76.1 Å². The van der Waals surface area contributed by atoms with Crippen molar-refractivity contribution in [1.82, 2.24) is 20.4 Å². The van der Waals surface area contributed by atoms with Crippen LogP contribution in [0.5, 0.6) is 28.7 Å². The Morgan fingerprint density at radius 1 is 1.17 bits per heavy atom. The molecule has 0 saturated carbocycles. The smallest absolute Gasteiger partial charge is 0.242 e. The number of hydrogen-bond acceptors (Lipinski definition) is 10. The SMILES string of the molecule is C=CCOc1c(C)c2c(c3c1CC1C4c5c(cc(C)c(OC)c5O)C[C@@H]([C@H](C#N)N1[C@H]3CNC(=O)[C@@H](C)NC(=S)Nc1ccccc1)N4C)OCO2. The minimum Gasteiger partial charge on any atom is -0.504 e. The van der Waals surface area contributed by atoms with Gasteiger partial charge in [-0.3, -0.25) is 14.6 Å². The fourth-order valence-electron chi connectivity index (χ4n) is 8.67. The van der Waals surface area contributed by atoms with Crippen LogP contribution >= 0.6 is 12.2 Å². The third-order valence-electron chi connectivity index (χ3n) is 10.9. The first-order chi connectivity index (χ1) is 25.1. The molecule has 4 aliphatic rings. The highest BCUT2D eigenvalue weighted by atomic mass is 32.1. The lowest BCUT2D eigenvalue weighted by Crippen LogP contribution is -2.69. The van der Waals surface area contributed by atoms with Gasteiger partial charge < -0.3 is 40.0 Å². The number of nitrogens with one attached hydrogen (secondary N) is 3. The van der Waals surface area contributed by atoms with Gasteiger partial charge in [0.25, 0.3) is 0 Å². The number of anilines is 1. The van der Waals surface area contributed by atoms with E-state index in [1.165, 1.54) is 0 Å². The number of nitrogens with zero attached hydrogens (tertiary/aromatic N) is 3. The van der Waals surface area contributed by atoms with E-state index < -0.39 is 18.1 Å². The van der Waals surface area contributed by atoms with Gasteiger partial charge in [0.05, 0.1) is 25.3 Å². The average Bonchev–Trinajstić information content (AvgIpc) is 3.62. The molecule has 1 saturated heterocycles. The number of aromatic hydroxyl groups is 1. The molecule has 52 heavy (non-hydrogen) atoms. The maximum absolute atomic E-state index is 13.8. The zero-order valence-corrected chi connectivity index (χ0v) is 30.8. The minimum atomic E-state index is -0.671. The lowest BCUT2D eigenvalue weighted by Gasteiger charge is -2.60. The van der Waals surface area contributed by atoms with E-state index in [1.807, 2.05) is 51.2 Å². The van der Waals surface area contributed by atoms with Gasteiger partial charge in [-0.15, -0.1) is 0 Å². The quantitative estimate of drug-likeness (QED) is 0.182. The van der Waals surface area contributed by atoms with E-state index in [9.17, 15) is 15.2 Å². The summed E-state index contributed by atoms with van der Waals surface area (Å²) in [6, 6.07) is 11.7. The van der Waals surface area contributed by atoms with Crippen molar-refractivity contribution in [1.29, 1.82) is 5.26 Å². The number of hydrogen-bond donors (Lipinski definition) is 4. The molecule has 272 valence electrons. The van der Waals surface area contributed by atoms with Crippen molar-refractivity contribution < 1.29 is 28.8 Å². The van der Waals surface area contributed by atoms with Gasteiger partial charge in [-0.25, -0.2) is 0 Å². The molecule has 2 unspecified atom stereocenters. The maximum atomic E-state index is 13.8. The Morgan fingerprint density at radius 2 is 1.92 bits per heavy atom. The number of fused-ring (bicyclic) bond motifs is 9. The molecule has 0 radical (unpaired) electrons. The Balaban J connectivity index is 1.31. The number of thiocarbonyl (C=S) groups is 1. The Labute approximate surface area is 309 Å². The number of methoxy groups -OCH3 is 1. The Bertz CT molecular complexity index is 1970. The lowest BCUT2D eigenvalue weighted by atomic mass is 9.71. The number of carbonyl (C=O) groups is 1. The van der Waals surface area contributed by atoms with Crippen LogP contribution in [-0.2, 0) is 17.6 Å². The van der Waals surface area contributed by atoms with E-state index in [1.54, 1.807) is 20.1 Å². The number of phenols is 1. The zero-order valence-electron chi connectivity index (χ0n) is 30.0. The van der Waals surface area contributed by atoms with E-state index in [0.717, 1.165) is 39.1 Å². The molecule has 6 atom stereocenters. The summed E-state index contributed by atoms with van der Waals surface area (Å²) in [7, 11) is 3.59. The standard InChI is InChI=1S/C39H44N6O6S/c1-7-13-49-35-21(3)36-37(51-19-50-36)31-25(35)16-27-32-30-23(14-20(2)34(48-6)33(30)46)15-26(44(32)5)28(17-40)45(27)29(31)18-41-38(47)22(4)42-39(52)43-24-11-9-8-10-12-24/h7-12,14,22,26-29,32,46H,1,13,15-16,18-19H2,2-6H3,(H,41,47)(H2,42,43,52)/t22-,26+,27?,28+,29+,32?/m1/s1. The number of phenolic OH excluding ortho intramolecular Hbond substituents is 1. The van der Waals surface area contributed by atoms with E-state index in [-0.39, 0.29) is 49.7 Å². The monoisotopic (exact) mass is 724 g/mol. The molecule has 4 aliphatic heterocycles. The summed E-state index contributed by atoms with van der Waals surface area (Å²) < 4.78 is 24.3. The number of amides is 1. The van der Waals surface area contributed by atoms with Crippen molar-refractivity contribution in [3.63, 3.8) is 0 Å². The minimum absolute atomic E-state index is 0.0406. The molecule has 0 aromatic heterocycles. The summed E-state index contributed by atoms with van der Waals surface area (Å²) in [5.41, 5.74) is 5.99. The van der Waals surface area contributed by atoms with Gasteiger partial charge in [0.2, 0.25) is 12.7 Å². The molecule has 7 rings (SSSR count). The zero-order chi connectivity index (χ0) is 36.8. The number of aryl methyl sites for hydroxylation is 1. The molecule has 1 amide bonds. The molecule has 3 aromatic rings. The number of para-hydroxylation sites is 1. The number of rotatable bonds is 9. The summed E-state index contributed by atoms with van der Waals surface area (Å²) in [5.74, 6) is 2.14. The summed E-state index contributed by atoms with van der Waals surface area (Å²) >= 11 is 5.51. The van der Waals surface area contributed by atoms with Crippen LogP contribution in [0, 0.1) is 25.2 Å². The summed E-state index contributed by atoms with van der Waals surface area (Å²) in [4.78, 5) is 18.2. The van der Waals surface area contributed by atoms with Gasteiger partial charge in [-0.1, -0.05) is 36.9 Å². The van der Waals surface area contributed by atoms with E-state index in [4.69, 9.17) is 31.2 Å². The number of piperazine rings is 1. The first-order valence-electron chi connectivity index (χ1n) is 17.5. The maximum Gasteiger partial charge on any atom is 0.242 e. The topological polar surface area (TPSA) is 141 Å². The first kappa shape index (κ1) is 35.4. The van der Waals surface area contributed by atoms with Crippen molar-refractivity contribution in [2.45, 2.75) is 69.9 Å². The molecule has 1 fully saturated rings. The Morgan fingerprint density at radius 3 is 2.63 bits per heavy atom. The first-order valence-corrected chi connectivity index (χ1v) is 17.9. The van der Waals surface area contributed by atoms with Crippen molar-refractivity contribution >= 4 is 28.9 Å². The van der Waals surface area contributed by atoms with Crippen LogP contribution in [-0.4, -0.2) is 84.2 Å². The number of likely N-dealkylation sites (N-methyl/N-ethyl adjacent to an activating group) is 1. The predicted molar refractivity (Wildman–Crippen MR) is 200 cm³/mol. The molecule has 2 bridgehead atoms. The van der Waals surface area contributed by atoms with Crippen molar-refractivity contribution in [3.8, 4) is 34.8 Å². The fraction of sp³-hybridized carbons (Fsp3) is 0.410. The van der Waals surface area contributed by atoms with Gasteiger partial charge in [0.15, 0.2) is 28.1 Å². The van der Waals surface area contributed by atoms with Gasteiger partial charge in [0.1, 0.15) is 24.4 Å². The van der Waals surface area contributed by atoms with Gasteiger partial charge in [-0.2, -0.15) is 5.26 Å². The number of carbonyl (C=O) groups excluding carboxylic acids is 1. The molecule has 0 spiro atoms.